The number of ether oxygens (including phenoxy) is 1. The van der Waals surface area contributed by atoms with E-state index >= 15 is 0 Å². The Hall–Kier alpha value is -2.30. The van der Waals surface area contributed by atoms with Gasteiger partial charge in [0.25, 0.3) is 0 Å². The van der Waals surface area contributed by atoms with Gasteiger partial charge in [-0.1, -0.05) is 0 Å². The van der Waals surface area contributed by atoms with Gasteiger partial charge in [-0.3, -0.25) is 0 Å². The van der Waals surface area contributed by atoms with Crippen molar-refractivity contribution >= 4 is 10.9 Å². The van der Waals surface area contributed by atoms with Gasteiger partial charge in [-0.2, -0.15) is 0 Å². The number of aromatic nitrogens is 3. The molecule has 0 fully saturated rings. The highest BCUT2D eigenvalue weighted by Crippen LogP contribution is 2.22. The molecule has 0 bridgehead atoms. The summed E-state index contributed by atoms with van der Waals surface area (Å²) in [6.07, 6.45) is 2.00. The van der Waals surface area contributed by atoms with E-state index in [1.165, 1.54) is 0 Å². The van der Waals surface area contributed by atoms with Crippen molar-refractivity contribution in [1.82, 2.24) is 14.8 Å². The van der Waals surface area contributed by atoms with Crippen LogP contribution in [0.4, 0.5) is 0 Å². The topological polar surface area (TPSA) is 53.1 Å². The summed E-state index contributed by atoms with van der Waals surface area (Å²) >= 11 is 0. The highest BCUT2D eigenvalue weighted by atomic mass is 16.5. The van der Waals surface area contributed by atoms with E-state index in [0.29, 0.717) is 18.3 Å². The zero-order valence-corrected chi connectivity index (χ0v) is 10.3. The fraction of sp³-hybridized carbons (Fsp3) is 0.231. The second-order valence-electron chi connectivity index (χ2n) is 4.08. The Morgan fingerprint density at radius 3 is 2.89 bits per heavy atom. The molecule has 0 aliphatic carbocycles. The summed E-state index contributed by atoms with van der Waals surface area (Å²) in [5, 5.41) is 8.95. The summed E-state index contributed by atoms with van der Waals surface area (Å²) in [4.78, 5) is 0. The molecule has 0 saturated heterocycles. The van der Waals surface area contributed by atoms with Crippen molar-refractivity contribution in [3.63, 3.8) is 0 Å². The van der Waals surface area contributed by atoms with Gasteiger partial charge in [0.1, 0.15) is 12.3 Å². The number of fused-ring (bicyclic) bond motifs is 1. The lowest BCUT2D eigenvalue weighted by Gasteiger charge is -2.03. The Bertz CT molecular complexity index is 684. The number of hydrogen-bond donors (Lipinski definition) is 0. The van der Waals surface area contributed by atoms with Gasteiger partial charge in [-0.05, 0) is 24.3 Å². The minimum absolute atomic E-state index is 0.580. The van der Waals surface area contributed by atoms with Crippen LogP contribution in [0.25, 0.3) is 10.9 Å². The third-order valence-corrected chi connectivity index (χ3v) is 2.85. The number of benzene rings is 1. The predicted octanol–water partition coefficient (Wildman–Crippen LogP) is 2.39. The summed E-state index contributed by atoms with van der Waals surface area (Å²) in [7, 11) is 1.67. The lowest BCUT2D eigenvalue weighted by Crippen LogP contribution is -1.98. The van der Waals surface area contributed by atoms with Gasteiger partial charge in [0.2, 0.25) is 11.8 Å². The minimum atomic E-state index is 0.580. The van der Waals surface area contributed by atoms with Crippen LogP contribution in [-0.2, 0) is 6.54 Å². The quantitative estimate of drug-likeness (QED) is 0.708. The number of nitrogens with zero attached hydrogens (tertiary/aromatic N) is 3. The third kappa shape index (κ3) is 1.84. The molecule has 2 aromatic heterocycles. The van der Waals surface area contributed by atoms with E-state index in [1.54, 1.807) is 14.0 Å². The van der Waals surface area contributed by atoms with E-state index in [-0.39, 0.29) is 0 Å². The summed E-state index contributed by atoms with van der Waals surface area (Å²) in [5.41, 5.74) is 1.12. The first kappa shape index (κ1) is 10.8. The van der Waals surface area contributed by atoms with Crippen molar-refractivity contribution in [3.05, 3.63) is 42.2 Å². The molecular weight excluding hydrogens is 230 g/mol. The van der Waals surface area contributed by atoms with E-state index in [4.69, 9.17) is 9.15 Å². The fourth-order valence-corrected chi connectivity index (χ4v) is 1.99. The highest BCUT2D eigenvalue weighted by Gasteiger charge is 2.07. The van der Waals surface area contributed by atoms with Gasteiger partial charge >= 0.3 is 0 Å². The number of aryl methyl sites for hydroxylation is 1. The van der Waals surface area contributed by atoms with Crippen LogP contribution in [0, 0.1) is 6.92 Å². The Labute approximate surface area is 104 Å². The van der Waals surface area contributed by atoms with Crippen LogP contribution in [0.5, 0.6) is 5.75 Å². The largest absolute Gasteiger partial charge is 0.497 e. The van der Waals surface area contributed by atoms with E-state index in [9.17, 15) is 0 Å². The zero-order valence-electron chi connectivity index (χ0n) is 10.3. The van der Waals surface area contributed by atoms with Crippen LogP contribution in [0.3, 0.4) is 0 Å². The van der Waals surface area contributed by atoms with Crippen LogP contribution in [0.1, 0.15) is 11.8 Å². The van der Waals surface area contributed by atoms with Crippen LogP contribution < -0.4 is 4.74 Å². The van der Waals surface area contributed by atoms with Crippen molar-refractivity contribution in [1.29, 1.82) is 0 Å². The van der Waals surface area contributed by atoms with Crippen LogP contribution in [-0.4, -0.2) is 21.9 Å². The first-order valence-corrected chi connectivity index (χ1v) is 5.68. The van der Waals surface area contributed by atoms with Crippen LogP contribution >= 0.6 is 0 Å². The first-order valence-electron chi connectivity index (χ1n) is 5.68. The summed E-state index contributed by atoms with van der Waals surface area (Å²) in [6, 6.07) is 8.02. The molecule has 0 atom stereocenters. The molecule has 2 heterocycles. The van der Waals surface area contributed by atoms with Gasteiger partial charge in [0.05, 0.1) is 7.11 Å². The lowest BCUT2D eigenvalue weighted by molar-refractivity contribution is 0.415. The molecular formula is C13H13N3O2. The Morgan fingerprint density at radius 2 is 2.17 bits per heavy atom. The third-order valence-electron chi connectivity index (χ3n) is 2.85. The van der Waals surface area contributed by atoms with Gasteiger partial charge < -0.3 is 13.7 Å². The second-order valence-corrected chi connectivity index (χ2v) is 4.08. The van der Waals surface area contributed by atoms with Crippen LogP contribution in [0.2, 0.25) is 0 Å². The fourth-order valence-electron chi connectivity index (χ4n) is 1.99. The van der Waals surface area contributed by atoms with Crippen molar-refractivity contribution in [2.24, 2.45) is 0 Å². The normalized spacial score (nSPS) is 11.0. The highest BCUT2D eigenvalue weighted by molar-refractivity contribution is 5.81. The lowest BCUT2D eigenvalue weighted by atomic mass is 10.2. The summed E-state index contributed by atoms with van der Waals surface area (Å²) in [5.74, 6) is 2.05. The average Bonchev–Trinajstić information content (AvgIpc) is 2.96. The second kappa shape index (κ2) is 4.18. The van der Waals surface area contributed by atoms with E-state index in [1.807, 2.05) is 30.5 Å². The number of hydrogen-bond acceptors (Lipinski definition) is 4. The molecule has 0 saturated carbocycles. The van der Waals surface area contributed by atoms with Gasteiger partial charge in [0, 0.05) is 24.0 Å². The molecule has 5 nitrogen and oxygen atoms in total. The SMILES string of the molecule is COc1ccc2c(ccn2Cc2nnc(C)o2)c1. The summed E-state index contributed by atoms with van der Waals surface area (Å²) < 4.78 is 12.7. The molecule has 0 N–H and O–H groups in total. The minimum Gasteiger partial charge on any atom is -0.497 e. The average molecular weight is 243 g/mol. The predicted molar refractivity (Wildman–Crippen MR) is 66.6 cm³/mol. The standard InChI is InChI=1S/C13H13N3O2/c1-9-14-15-13(18-9)8-16-6-5-10-7-11(17-2)3-4-12(10)16/h3-7H,8H2,1-2H3. The maximum atomic E-state index is 5.38. The van der Waals surface area contributed by atoms with Gasteiger partial charge in [0.15, 0.2) is 0 Å². The van der Waals surface area contributed by atoms with Crippen LogP contribution in [0.15, 0.2) is 34.9 Å². The van der Waals surface area contributed by atoms with E-state index in [0.717, 1.165) is 16.7 Å². The molecule has 5 heteroatoms. The van der Waals surface area contributed by atoms with Gasteiger partial charge in [-0.15, -0.1) is 10.2 Å². The molecule has 18 heavy (non-hydrogen) atoms. The van der Waals surface area contributed by atoms with Crippen molar-refractivity contribution in [2.45, 2.75) is 13.5 Å². The smallest absolute Gasteiger partial charge is 0.236 e. The Balaban J connectivity index is 1.97. The van der Waals surface area contributed by atoms with E-state index < -0.39 is 0 Å². The van der Waals surface area contributed by atoms with Gasteiger partial charge in [-0.25, -0.2) is 0 Å². The maximum absolute atomic E-state index is 5.38. The first-order chi connectivity index (χ1) is 8.76. The number of methoxy groups -OCH3 is 1. The van der Waals surface area contributed by atoms with Crippen molar-refractivity contribution in [2.75, 3.05) is 7.11 Å². The molecule has 0 aliphatic heterocycles. The Morgan fingerprint density at radius 1 is 1.28 bits per heavy atom. The van der Waals surface area contributed by atoms with E-state index in [2.05, 4.69) is 14.8 Å². The molecule has 3 aromatic rings. The summed E-state index contributed by atoms with van der Waals surface area (Å²) in [6.45, 7) is 2.37. The molecule has 92 valence electrons. The molecule has 0 amide bonds. The molecule has 0 aliphatic rings. The van der Waals surface area contributed by atoms with Crippen molar-refractivity contribution in [3.8, 4) is 5.75 Å². The monoisotopic (exact) mass is 243 g/mol. The zero-order chi connectivity index (χ0) is 12.5. The van der Waals surface area contributed by atoms with Crippen molar-refractivity contribution < 1.29 is 9.15 Å². The molecule has 0 radical (unpaired) electrons. The molecule has 0 spiro atoms. The number of rotatable bonds is 3. The maximum Gasteiger partial charge on any atom is 0.236 e. The Kier molecular flexibility index (Phi) is 2.51. The molecule has 0 unspecified atom stereocenters. The molecule has 3 rings (SSSR count). The molecule has 1 aromatic carbocycles.